The summed E-state index contributed by atoms with van der Waals surface area (Å²) in [6.45, 7) is 9.51. The molecule has 132 valence electrons. The molecule has 2 aromatic heterocycles. The fourth-order valence-corrected chi connectivity index (χ4v) is 4.63. The predicted molar refractivity (Wildman–Crippen MR) is 107 cm³/mol. The number of nitrogens with zero attached hydrogens (tertiary/aromatic N) is 2. The number of aromatic nitrogens is 1. The van der Waals surface area contributed by atoms with Crippen LogP contribution < -0.4 is 10.6 Å². The number of hydrogen-bond donors (Lipinski definition) is 2. The second-order valence-corrected chi connectivity index (χ2v) is 8.64. The Bertz CT molecular complexity index is 672. The van der Waals surface area contributed by atoms with E-state index in [-0.39, 0.29) is 0 Å². The standard InChI is InChI=1S/C18H28N4S2/c1-6-16-14(4)24-17(22-16)9-10-20-18(19-5)21-12(2)11-15-8-7-13(3)23-15/h7-8,12H,6,9-11H2,1-5H3,(H2,19,20,21). The summed E-state index contributed by atoms with van der Waals surface area (Å²) in [4.78, 5) is 13.1. The number of thiophene rings is 1. The van der Waals surface area contributed by atoms with Gasteiger partial charge in [0.15, 0.2) is 5.96 Å². The van der Waals surface area contributed by atoms with E-state index >= 15 is 0 Å². The van der Waals surface area contributed by atoms with Crippen molar-refractivity contribution in [2.45, 2.75) is 53.0 Å². The summed E-state index contributed by atoms with van der Waals surface area (Å²) in [7, 11) is 1.82. The van der Waals surface area contributed by atoms with Crippen molar-refractivity contribution in [3.8, 4) is 0 Å². The minimum atomic E-state index is 0.350. The van der Waals surface area contributed by atoms with Gasteiger partial charge >= 0.3 is 0 Å². The van der Waals surface area contributed by atoms with E-state index in [1.54, 1.807) is 11.3 Å². The topological polar surface area (TPSA) is 49.3 Å². The Morgan fingerprint density at radius 1 is 1.29 bits per heavy atom. The van der Waals surface area contributed by atoms with E-state index in [1.165, 1.54) is 25.3 Å². The summed E-state index contributed by atoms with van der Waals surface area (Å²) in [6.07, 6.45) is 2.97. The number of nitrogens with one attached hydrogen (secondary N) is 2. The Hall–Kier alpha value is -1.40. The van der Waals surface area contributed by atoms with Gasteiger partial charge < -0.3 is 10.6 Å². The molecule has 0 spiro atoms. The maximum absolute atomic E-state index is 4.69. The molecule has 4 nitrogen and oxygen atoms in total. The molecule has 6 heteroatoms. The maximum atomic E-state index is 4.69. The van der Waals surface area contributed by atoms with E-state index in [9.17, 15) is 0 Å². The molecular weight excluding hydrogens is 336 g/mol. The van der Waals surface area contributed by atoms with Gasteiger partial charge in [0.05, 0.1) is 10.7 Å². The van der Waals surface area contributed by atoms with Gasteiger partial charge in [-0.1, -0.05) is 6.92 Å². The predicted octanol–water partition coefficient (Wildman–Crippen LogP) is 3.72. The molecule has 1 unspecified atom stereocenters. The lowest BCUT2D eigenvalue weighted by atomic mass is 10.2. The van der Waals surface area contributed by atoms with Crippen molar-refractivity contribution in [3.63, 3.8) is 0 Å². The van der Waals surface area contributed by atoms with Crippen LogP contribution in [0.4, 0.5) is 0 Å². The van der Waals surface area contributed by atoms with E-state index in [0.29, 0.717) is 6.04 Å². The van der Waals surface area contributed by atoms with Crippen LogP contribution in [0.3, 0.4) is 0 Å². The van der Waals surface area contributed by atoms with Crippen molar-refractivity contribution in [1.82, 2.24) is 15.6 Å². The van der Waals surface area contributed by atoms with Gasteiger partial charge in [0.25, 0.3) is 0 Å². The van der Waals surface area contributed by atoms with Crippen LogP contribution in [0, 0.1) is 13.8 Å². The zero-order valence-electron chi connectivity index (χ0n) is 15.3. The molecule has 0 aromatic carbocycles. The molecular formula is C18H28N4S2. The third-order valence-corrected chi connectivity index (χ3v) is 5.91. The Morgan fingerprint density at radius 2 is 2.08 bits per heavy atom. The van der Waals surface area contributed by atoms with Crippen molar-refractivity contribution < 1.29 is 0 Å². The molecule has 0 aliphatic rings. The summed E-state index contributed by atoms with van der Waals surface area (Å²) in [5, 5.41) is 8.07. The van der Waals surface area contributed by atoms with E-state index in [0.717, 1.165) is 31.8 Å². The van der Waals surface area contributed by atoms with Crippen LogP contribution in [-0.4, -0.2) is 30.6 Å². The summed E-state index contributed by atoms with van der Waals surface area (Å²) >= 11 is 3.67. The molecule has 0 aliphatic heterocycles. The molecule has 0 amide bonds. The minimum Gasteiger partial charge on any atom is -0.356 e. The molecule has 0 saturated carbocycles. The Labute approximate surface area is 153 Å². The number of guanidine groups is 1. The highest BCUT2D eigenvalue weighted by atomic mass is 32.1. The molecule has 2 aromatic rings. The van der Waals surface area contributed by atoms with Gasteiger partial charge in [-0.05, 0) is 39.3 Å². The molecule has 0 saturated heterocycles. The largest absolute Gasteiger partial charge is 0.356 e. The fraction of sp³-hybridized carbons (Fsp3) is 0.556. The molecule has 2 heterocycles. The zero-order valence-corrected chi connectivity index (χ0v) is 16.9. The van der Waals surface area contributed by atoms with Gasteiger partial charge in [-0.2, -0.15) is 0 Å². The first-order valence-electron chi connectivity index (χ1n) is 8.49. The van der Waals surface area contributed by atoms with E-state index in [2.05, 4.69) is 60.4 Å². The smallest absolute Gasteiger partial charge is 0.191 e. The molecule has 0 bridgehead atoms. The highest BCUT2D eigenvalue weighted by molar-refractivity contribution is 7.12. The average molecular weight is 365 g/mol. The van der Waals surface area contributed by atoms with Crippen molar-refractivity contribution in [3.05, 3.63) is 37.5 Å². The summed E-state index contributed by atoms with van der Waals surface area (Å²) in [5.74, 6) is 0.861. The van der Waals surface area contributed by atoms with Crippen LogP contribution in [0.25, 0.3) is 0 Å². The summed E-state index contributed by atoms with van der Waals surface area (Å²) < 4.78 is 0. The monoisotopic (exact) mass is 364 g/mol. The molecule has 24 heavy (non-hydrogen) atoms. The second kappa shape index (κ2) is 9.18. The van der Waals surface area contributed by atoms with Gasteiger partial charge in [0.1, 0.15) is 0 Å². The van der Waals surface area contributed by atoms with Gasteiger partial charge in [0.2, 0.25) is 0 Å². The molecule has 0 fully saturated rings. The molecule has 0 aliphatic carbocycles. The summed E-state index contributed by atoms with van der Waals surface area (Å²) in [6, 6.07) is 4.74. The van der Waals surface area contributed by atoms with Crippen LogP contribution in [0.15, 0.2) is 17.1 Å². The highest BCUT2D eigenvalue weighted by Crippen LogP contribution is 2.18. The van der Waals surface area contributed by atoms with E-state index < -0.39 is 0 Å². The van der Waals surface area contributed by atoms with Crippen molar-refractivity contribution >= 4 is 28.6 Å². The first-order valence-corrected chi connectivity index (χ1v) is 10.1. The fourth-order valence-electron chi connectivity index (χ4n) is 2.59. The van der Waals surface area contributed by atoms with Crippen LogP contribution in [0.2, 0.25) is 0 Å². The quantitative estimate of drug-likeness (QED) is 0.581. The van der Waals surface area contributed by atoms with E-state index in [4.69, 9.17) is 0 Å². The maximum Gasteiger partial charge on any atom is 0.191 e. The van der Waals surface area contributed by atoms with Gasteiger partial charge in [0, 0.05) is 47.1 Å². The second-order valence-electron chi connectivity index (χ2n) is 5.97. The Balaban J connectivity index is 1.77. The normalized spacial score (nSPS) is 13.1. The zero-order chi connectivity index (χ0) is 17.5. The SMILES string of the molecule is CCc1nc(CCNC(=NC)NC(C)Cc2ccc(C)s2)sc1C. The van der Waals surface area contributed by atoms with Crippen molar-refractivity contribution in [2.24, 2.45) is 4.99 Å². The van der Waals surface area contributed by atoms with Gasteiger partial charge in [-0.15, -0.1) is 22.7 Å². The third-order valence-electron chi connectivity index (χ3n) is 3.81. The highest BCUT2D eigenvalue weighted by Gasteiger charge is 2.09. The number of thiazole rings is 1. The van der Waals surface area contributed by atoms with Gasteiger partial charge in [-0.3, -0.25) is 4.99 Å². The minimum absolute atomic E-state index is 0.350. The lowest BCUT2D eigenvalue weighted by Crippen LogP contribution is -2.43. The lowest BCUT2D eigenvalue weighted by molar-refractivity contribution is 0.644. The van der Waals surface area contributed by atoms with Crippen LogP contribution in [-0.2, 0) is 19.3 Å². The molecule has 0 radical (unpaired) electrons. The van der Waals surface area contributed by atoms with Crippen molar-refractivity contribution in [1.29, 1.82) is 0 Å². The van der Waals surface area contributed by atoms with Crippen LogP contribution >= 0.6 is 22.7 Å². The number of hydrogen-bond acceptors (Lipinski definition) is 4. The molecule has 2 rings (SSSR count). The number of aryl methyl sites for hydroxylation is 3. The number of rotatable bonds is 7. The third kappa shape index (κ3) is 5.60. The first-order chi connectivity index (χ1) is 11.5. The molecule has 1 atom stereocenters. The number of aliphatic imine (C=N–C) groups is 1. The lowest BCUT2D eigenvalue weighted by Gasteiger charge is -2.17. The van der Waals surface area contributed by atoms with Crippen molar-refractivity contribution in [2.75, 3.05) is 13.6 Å². The Morgan fingerprint density at radius 3 is 2.67 bits per heavy atom. The van der Waals surface area contributed by atoms with Crippen LogP contribution in [0.5, 0.6) is 0 Å². The van der Waals surface area contributed by atoms with Gasteiger partial charge in [-0.25, -0.2) is 4.98 Å². The van der Waals surface area contributed by atoms with E-state index in [1.807, 2.05) is 18.4 Å². The molecule has 2 N–H and O–H groups in total. The Kier molecular flexibility index (Phi) is 7.24. The first kappa shape index (κ1) is 18.9. The van der Waals surface area contributed by atoms with Crippen LogP contribution in [0.1, 0.15) is 39.2 Å². The summed E-state index contributed by atoms with van der Waals surface area (Å²) in [5.41, 5.74) is 1.23. The average Bonchev–Trinajstić information content (AvgIpc) is 3.11.